The molecule has 0 bridgehead atoms. The summed E-state index contributed by atoms with van der Waals surface area (Å²) in [6.07, 6.45) is 1.98. The molecule has 0 atom stereocenters. The molecule has 0 aliphatic carbocycles. The van der Waals surface area contributed by atoms with Crippen molar-refractivity contribution in [3.05, 3.63) is 28.7 Å². The van der Waals surface area contributed by atoms with E-state index in [1.54, 1.807) is 0 Å². The fourth-order valence-electron chi connectivity index (χ4n) is 2.23. The number of pyridine rings is 1. The first-order valence-electron chi connectivity index (χ1n) is 7.07. The quantitative estimate of drug-likeness (QED) is 0.678. The second kappa shape index (κ2) is 7.17. The zero-order valence-corrected chi connectivity index (χ0v) is 13.0. The minimum atomic E-state index is -3.54. The molecule has 0 amide bonds. The summed E-state index contributed by atoms with van der Waals surface area (Å²) in [5.74, 6) is 0. The molecule has 1 aliphatic rings. The van der Waals surface area contributed by atoms with Gasteiger partial charge in [-0.15, -0.1) is 0 Å². The highest BCUT2D eigenvalue weighted by Gasteiger charge is 2.15. The van der Waals surface area contributed by atoms with E-state index in [0.29, 0.717) is 6.54 Å². The van der Waals surface area contributed by atoms with Gasteiger partial charge in [-0.25, -0.2) is 13.1 Å². The predicted octanol–water partition coefficient (Wildman–Crippen LogP) is -0.709. The van der Waals surface area contributed by atoms with Gasteiger partial charge in [0, 0.05) is 45.0 Å². The summed E-state index contributed by atoms with van der Waals surface area (Å²) < 4.78 is 26.5. The topological polar surface area (TPSA) is 85.5 Å². The smallest absolute Gasteiger partial charge is 0.247 e. The standard InChI is InChI=1S/C13H22N4O3S/c1-16-7-9-17(10-8-16)6-2-5-15-21(19,20)12-3-4-13(18)14-11-12/h3-4,11,15H,2,5-10H2,1H3,(H,14,18). The molecule has 2 rings (SSSR count). The molecule has 1 fully saturated rings. The number of piperazine rings is 1. The average molecular weight is 314 g/mol. The number of nitrogens with one attached hydrogen (secondary N) is 2. The molecule has 2 heterocycles. The predicted molar refractivity (Wildman–Crippen MR) is 80.8 cm³/mol. The van der Waals surface area contributed by atoms with Crippen LogP contribution < -0.4 is 10.3 Å². The largest absolute Gasteiger partial charge is 0.328 e. The first-order chi connectivity index (χ1) is 9.97. The number of aromatic amines is 1. The number of aromatic nitrogens is 1. The third kappa shape index (κ3) is 4.92. The first kappa shape index (κ1) is 16.2. The van der Waals surface area contributed by atoms with E-state index in [1.165, 1.54) is 18.3 Å². The van der Waals surface area contributed by atoms with E-state index in [4.69, 9.17) is 0 Å². The number of likely N-dealkylation sites (N-methyl/N-ethyl adjacent to an activating group) is 1. The van der Waals surface area contributed by atoms with Gasteiger partial charge in [0.15, 0.2) is 0 Å². The van der Waals surface area contributed by atoms with Gasteiger partial charge in [0.1, 0.15) is 0 Å². The van der Waals surface area contributed by atoms with Gasteiger partial charge in [-0.05, 0) is 26.1 Å². The van der Waals surface area contributed by atoms with Crippen molar-refractivity contribution in [3.63, 3.8) is 0 Å². The van der Waals surface area contributed by atoms with Gasteiger partial charge in [-0.2, -0.15) is 0 Å². The van der Waals surface area contributed by atoms with Crippen molar-refractivity contribution in [1.29, 1.82) is 0 Å². The first-order valence-corrected chi connectivity index (χ1v) is 8.55. The molecular weight excluding hydrogens is 292 g/mol. The van der Waals surface area contributed by atoms with Gasteiger partial charge in [0.25, 0.3) is 0 Å². The molecule has 1 saturated heterocycles. The summed E-state index contributed by atoms with van der Waals surface area (Å²) in [7, 11) is -1.43. The van der Waals surface area contributed by atoms with E-state index in [1.807, 2.05) is 0 Å². The summed E-state index contributed by atoms with van der Waals surface area (Å²) in [6.45, 7) is 5.47. The third-order valence-corrected chi connectivity index (χ3v) is 5.06. The highest BCUT2D eigenvalue weighted by molar-refractivity contribution is 7.89. The van der Waals surface area contributed by atoms with Crippen LogP contribution in [0.3, 0.4) is 0 Å². The van der Waals surface area contributed by atoms with E-state index < -0.39 is 10.0 Å². The number of hydrogen-bond donors (Lipinski definition) is 2. The SMILES string of the molecule is CN1CCN(CCCNS(=O)(=O)c2ccc(=O)[nH]c2)CC1. The van der Waals surface area contributed by atoms with Crippen LogP contribution >= 0.6 is 0 Å². The molecule has 0 unspecified atom stereocenters. The Morgan fingerprint density at radius 1 is 1.24 bits per heavy atom. The second-order valence-corrected chi connectivity index (χ2v) is 7.05. The number of H-pyrrole nitrogens is 1. The highest BCUT2D eigenvalue weighted by Crippen LogP contribution is 2.04. The molecule has 1 aromatic rings. The van der Waals surface area contributed by atoms with Crippen molar-refractivity contribution in [2.45, 2.75) is 11.3 Å². The molecule has 118 valence electrons. The fourth-order valence-corrected chi connectivity index (χ4v) is 3.27. The van der Waals surface area contributed by atoms with Crippen molar-refractivity contribution in [2.75, 3.05) is 46.3 Å². The molecule has 0 radical (unpaired) electrons. The molecule has 7 nitrogen and oxygen atoms in total. The van der Waals surface area contributed by atoms with Crippen LogP contribution in [0.25, 0.3) is 0 Å². The van der Waals surface area contributed by atoms with Crippen molar-refractivity contribution in [2.24, 2.45) is 0 Å². The summed E-state index contributed by atoms with van der Waals surface area (Å²) in [4.78, 5) is 18.0. The monoisotopic (exact) mass is 314 g/mol. The lowest BCUT2D eigenvalue weighted by atomic mass is 10.3. The Morgan fingerprint density at radius 3 is 2.57 bits per heavy atom. The Kier molecular flexibility index (Phi) is 5.51. The van der Waals surface area contributed by atoms with Gasteiger partial charge in [-0.3, -0.25) is 4.79 Å². The molecule has 1 aliphatic heterocycles. The van der Waals surface area contributed by atoms with Crippen LogP contribution in [-0.2, 0) is 10.0 Å². The van der Waals surface area contributed by atoms with E-state index in [0.717, 1.165) is 39.1 Å². The van der Waals surface area contributed by atoms with Crippen LogP contribution in [0, 0.1) is 0 Å². The van der Waals surface area contributed by atoms with Gasteiger partial charge in [0.2, 0.25) is 15.6 Å². The minimum absolute atomic E-state index is 0.0849. The van der Waals surface area contributed by atoms with E-state index >= 15 is 0 Å². The van der Waals surface area contributed by atoms with E-state index in [9.17, 15) is 13.2 Å². The lowest BCUT2D eigenvalue weighted by Gasteiger charge is -2.32. The van der Waals surface area contributed by atoms with Crippen LogP contribution in [0.1, 0.15) is 6.42 Å². The molecular formula is C13H22N4O3S. The Morgan fingerprint density at radius 2 is 1.95 bits per heavy atom. The van der Waals surface area contributed by atoms with Crippen molar-refractivity contribution >= 4 is 10.0 Å². The van der Waals surface area contributed by atoms with Crippen molar-refractivity contribution in [1.82, 2.24) is 19.5 Å². The molecule has 0 aromatic carbocycles. The maximum atomic E-state index is 12.0. The molecule has 2 N–H and O–H groups in total. The summed E-state index contributed by atoms with van der Waals surface area (Å²) in [5.41, 5.74) is -0.316. The Hall–Kier alpha value is -1.22. The molecule has 0 saturated carbocycles. The van der Waals surface area contributed by atoms with Crippen LogP contribution in [-0.4, -0.2) is 69.5 Å². The van der Waals surface area contributed by atoms with Crippen LogP contribution in [0.4, 0.5) is 0 Å². The van der Waals surface area contributed by atoms with Crippen LogP contribution in [0.5, 0.6) is 0 Å². The van der Waals surface area contributed by atoms with Crippen LogP contribution in [0.2, 0.25) is 0 Å². The van der Waals surface area contributed by atoms with Crippen molar-refractivity contribution < 1.29 is 8.42 Å². The minimum Gasteiger partial charge on any atom is -0.328 e. The van der Waals surface area contributed by atoms with Gasteiger partial charge in [0.05, 0.1) is 4.90 Å². The fraction of sp³-hybridized carbons (Fsp3) is 0.615. The number of sulfonamides is 1. The van der Waals surface area contributed by atoms with Crippen molar-refractivity contribution in [3.8, 4) is 0 Å². The van der Waals surface area contributed by atoms with Gasteiger partial charge >= 0.3 is 0 Å². The maximum absolute atomic E-state index is 12.0. The Balaban J connectivity index is 1.75. The summed E-state index contributed by atoms with van der Waals surface area (Å²) in [5, 5.41) is 0. The normalized spacial score (nSPS) is 18.0. The Labute approximate surface area is 125 Å². The molecule has 8 heteroatoms. The molecule has 21 heavy (non-hydrogen) atoms. The highest BCUT2D eigenvalue weighted by atomic mass is 32.2. The zero-order chi connectivity index (χ0) is 15.3. The third-order valence-electron chi connectivity index (χ3n) is 3.61. The molecule has 0 spiro atoms. The number of rotatable bonds is 6. The Bertz CT molecular complexity index is 586. The second-order valence-electron chi connectivity index (χ2n) is 5.28. The lowest BCUT2D eigenvalue weighted by Crippen LogP contribution is -2.45. The lowest BCUT2D eigenvalue weighted by molar-refractivity contribution is 0.153. The van der Waals surface area contributed by atoms with Gasteiger partial charge < -0.3 is 14.8 Å². The maximum Gasteiger partial charge on any atom is 0.247 e. The summed E-state index contributed by atoms with van der Waals surface area (Å²) >= 11 is 0. The average Bonchev–Trinajstić information content (AvgIpc) is 2.46. The van der Waals surface area contributed by atoms with Gasteiger partial charge in [-0.1, -0.05) is 0 Å². The summed E-state index contributed by atoms with van der Waals surface area (Å²) in [6, 6.07) is 2.51. The number of nitrogens with zero attached hydrogens (tertiary/aromatic N) is 2. The van der Waals surface area contributed by atoms with Crippen LogP contribution in [0.15, 0.2) is 28.0 Å². The van der Waals surface area contributed by atoms with E-state index in [-0.39, 0.29) is 10.5 Å². The van der Waals surface area contributed by atoms with E-state index in [2.05, 4.69) is 26.6 Å². The number of hydrogen-bond acceptors (Lipinski definition) is 5. The zero-order valence-electron chi connectivity index (χ0n) is 12.2. The molecule has 1 aromatic heterocycles.